The van der Waals surface area contributed by atoms with Gasteiger partial charge in [-0.2, -0.15) is 0 Å². The van der Waals surface area contributed by atoms with E-state index in [2.05, 4.69) is 37.9 Å². The molecular weight excluding hydrogens is 220 g/mol. The van der Waals surface area contributed by atoms with Crippen molar-refractivity contribution in [3.8, 4) is 0 Å². The number of nitrogens with zero attached hydrogens (tertiary/aromatic N) is 1. The van der Waals surface area contributed by atoms with E-state index in [0.29, 0.717) is 5.41 Å². The summed E-state index contributed by atoms with van der Waals surface area (Å²) in [5.74, 6) is 0.752. The fraction of sp³-hybridized carbons (Fsp3) is 1.00. The highest BCUT2D eigenvalue weighted by atomic mass is 15.1. The first-order valence-electron chi connectivity index (χ1n) is 7.93. The summed E-state index contributed by atoms with van der Waals surface area (Å²) in [6.45, 7) is 15.5. The molecule has 0 aliphatic carbocycles. The average Bonchev–Trinajstić information content (AvgIpc) is 2.20. The van der Waals surface area contributed by atoms with Gasteiger partial charge in [0.2, 0.25) is 0 Å². The van der Waals surface area contributed by atoms with E-state index in [1.54, 1.807) is 0 Å². The SMILES string of the molecule is CC(C)CNCC(C)(C)CN1CCCCCCC1. The summed E-state index contributed by atoms with van der Waals surface area (Å²) >= 11 is 0. The van der Waals surface area contributed by atoms with Gasteiger partial charge in [-0.15, -0.1) is 0 Å². The van der Waals surface area contributed by atoms with Crippen LogP contribution in [0.25, 0.3) is 0 Å². The van der Waals surface area contributed by atoms with Crippen molar-refractivity contribution in [3.63, 3.8) is 0 Å². The van der Waals surface area contributed by atoms with Crippen LogP contribution in [0.15, 0.2) is 0 Å². The summed E-state index contributed by atoms with van der Waals surface area (Å²) in [4.78, 5) is 2.69. The lowest BCUT2D eigenvalue weighted by Gasteiger charge is -2.34. The van der Waals surface area contributed by atoms with E-state index >= 15 is 0 Å². The van der Waals surface area contributed by atoms with Crippen LogP contribution in [0.2, 0.25) is 0 Å². The maximum atomic E-state index is 3.62. The molecule has 0 radical (unpaired) electrons. The van der Waals surface area contributed by atoms with Gasteiger partial charge in [-0.3, -0.25) is 0 Å². The van der Waals surface area contributed by atoms with Gasteiger partial charge in [0.1, 0.15) is 0 Å². The zero-order chi connectivity index (χ0) is 13.4. The molecule has 1 fully saturated rings. The average molecular weight is 254 g/mol. The zero-order valence-corrected chi connectivity index (χ0v) is 13.1. The van der Waals surface area contributed by atoms with Gasteiger partial charge in [-0.05, 0) is 43.8 Å². The molecule has 0 spiro atoms. The molecule has 0 amide bonds. The van der Waals surface area contributed by atoms with Crippen molar-refractivity contribution in [1.82, 2.24) is 10.2 Å². The molecule has 1 N–H and O–H groups in total. The van der Waals surface area contributed by atoms with Gasteiger partial charge in [0, 0.05) is 13.1 Å². The lowest BCUT2D eigenvalue weighted by atomic mass is 9.91. The zero-order valence-electron chi connectivity index (χ0n) is 13.1. The minimum absolute atomic E-state index is 0.397. The normalized spacial score (nSPS) is 19.8. The van der Waals surface area contributed by atoms with Crippen molar-refractivity contribution in [2.24, 2.45) is 11.3 Å². The monoisotopic (exact) mass is 254 g/mol. The van der Waals surface area contributed by atoms with Crippen molar-refractivity contribution in [2.75, 3.05) is 32.7 Å². The summed E-state index contributed by atoms with van der Waals surface area (Å²) in [6, 6.07) is 0. The van der Waals surface area contributed by atoms with Crippen LogP contribution in [0.5, 0.6) is 0 Å². The molecule has 1 aliphatic rings. The third-order valence-corrected chi connectivity index (χ3v) is 3.76. The third-order valence-electron chi connectivity index (χ3n) is 3.76. The Kier molecular flexibility index (Phi) is 7.25. The van der Waals surface area contributed by atoms with Gasteiger partial charge in [0.25, 0.3) is 0 Å². The molecule has 108 valence electrons. The Labute approximate surface area is 115 Å². The molecule has 1 heterocycles. The Morgan fingerprint density at radius 2 is 1.56 bits per heavy atom. The van der Waals surface area contributed by atoms with Gasteiger partial charge in [0.05, 0.1) is 0 Å². The Balaban J connectivity index is 2.27. The van der Waals surface area contributed by atoms with Crippen molar-refractivity contribution in [1.29, 1.82) is 0 Å². The number of hydrogen-bond donors (Lipinski definition) is 1. The molecule has 0 atom stereocenters. The van der Waals surface area contributed by atoms with Crippen molar-refractivity contribution in [3.05, 3.63) is 0 Å². The van der Waals surface area contributed by atoms with Crippen LogP contribution < -0.4 is 5.32 Å². The molecule has 18 heavy (non-hydrogen) atoms. The van der Waals surface area contributed by atoms with Gasteiger partial charge >= 0.3 is 0 Å². The van der Waals surface area contributed by atoms with E-state index in [-0.39, 0.29) is 0 Å². The third kappa shape index (κ3) is 7.38. The van der Waals surface area contributed by atoms with Crippen LogP contribution in [0, 0.1) is 11.3 Å². The second-order valence-corrected chi connectivity index (χ2v) is 7.23. The van der Waals surface area contributed by atoms with E-state index in [1.165, 1.54) is 51.7 Å². The van der Waals surface area contributed by atoms with E-state index in [1.807, 2.05) is 0 Å². The molecular formula is C16H34N2. The highest BCUT2D eigenvalue weighted by Gasteiger charge is 2.21. The summed E-state index contributed by atoms with van der Waals surface area (Å²) in [6.07, 6.45) is 7.11. The van der Waals surface area contributed by atoms with Crippen molar-refractivity contribution >= 4 is 0 Å². The number of nitrogens with one attached hydrogen (secondary N) is 1. The van der Waals surface area contributed by atoms with Crippen molar-refractivity contribution < 1.29 is 0 Å². The fourth-order valence-corrected chi connectivity index (χ4v) is 2.83. The van der Waals surface area contributed by atoms with E-state index in [9.17, 15) is 0 Å². The lowest BCUT2D eigenvalue weighted by molar-refractivity contribution is 0.161. The highest BCUT2D eigenvalue weighted by molar-refractivity contribution is 4.77. The smallest absolute Gasteiger partial charge is 0.00448 e. The Morgan fingerprint density at radius 3 is 2.11 bits per heavy atom. The van der Waals surface area contributed by atoms with Crippen LogP contribution in [0.4, 0.5) is 0 Å². The number of rotatable bonds is 6. The van der Waals surface area contributed by atoms with Gasteiger partial charge in [0.15, 0.2) is 0 Å². The van der Waals surface area contributed by atoms with Gasteiger partial charge in [-0.1, -0.05) is 47.0 Å². The predicted molar refractivity (Wildman–Crippen MR) is 81.0 cm³/mol. The van der Waals surface area contributed by atoms with Crippen LogP contribution in [-0.4, -0.2) is 37.6 Å². The molecule has 0 aromatic rings. The first-order valence-corrected chi connectivity index (χ1v) is 7.93. The van der Waals surface area contributed by atoms with E-state index < -0.39 is 0 Å². The molecule has 0 aromatic heterocycles. The summed E-state index contributed by atoms with van der Waals surface area (Å²) in [5, 5.41) is 3.62. The Bertz CT molecular complexity index is 203. The summed E-state index contributed by atoms with van der Waals surface area (Å²) in [7, 11) is 0. The minimum Gasteiger partial charge on any atom is -0.316 e. The number of likely N-dealkylation sites (tertiary alicyclic amines) is 1. The lowest BCUT2D eigenvalue weighted by Crippen LogP contribution is -2.42. The summed E-state index contributed by atoms with van der Waals surface area (Å²) < 4.78 is 0. The predicted octanol–water partition coefficient (Wildman–Crippen LogP) is 3.52. The second-order valence-electron chi connectivity index (χ2n) is 7.23. The molecule has 2 nitrogen and oxygen atoms in total. The molecule has 0 aromatic carbocycles. The molecule has 2 heteroatoms. The molecule has 0 unspecified atom stereocenters. The highest BCUT2D eigenvalue weighted by Crippen LogP contribution is 2.19. The maximum absolute atomic E-state index is 3.62. The summed E-state index contributed by atoms with van der Waals surface area (Å²) in [5.41, 5.74) is 0.397. The van der Waals surface area contributed by atoms with Crippen LogP contribution in [0.1, 0.15) is 59.8 Å². The maximum Gasteiger partial charge on any atom is 0.00448 e. The van der Waals surface area contributed by atoms with Crippen LogP contribution >= 0.6 is 0 Å². The molecule has 1 rings (SSSR count). The van der Waals surface area contributed by atoms with Gasteiger partial charge in [-0.25, -0.2) is 0 Å². The minimum atomic E-state index is 0.397. The van der Waals surface area contributed by atoms with Gasteiger partial charge < -0.3 is 10.2 Å². The first kappa shape index (κ1) is 16.0. The fourth-order valence-electron chi connectivity index (χ4n) is 2.83. The van der Waals surface area contributed by atoms with E-state index in [0.717, 1.165) is 19.0 Å². The molecule has 1 saturated heterocycles. The standard InChI is InChI=1S/C16H34N2/c1-15(2)12-17-13-16(3,4)14-18-10-8-6-5-7-9-11-18/h15,17H,5-14H2,1-4H3. The Hall–Kier alpha value is -0.0800. The Morgan fingerprint density at radius 1 is 1.00 bits per heavy atom. The quantitative estimate of drug-likeness (QED) is 0.780. The van der Waals surface area contributed by atoms with Crippen LogP contribution in [-0.2, 0) is 0 Å². The molecule has 0 bridgehead atoms. The largest absolute Gasteiger partial charge is 0.316 e. The first-order chi connectivity index (χ1) is 8.49. The molecule has 0 saturated carbocycles. The van der Waals surface area contributed by atoms with E-state index in [4.69, 9.17) is 0 Å². The van der Waals surface area contributed by atoms with Crippen LogP contribution in [0.3, 0.4) is 0 Å². The number of hydrogen-bond acceptors (Lipinski definition) is 2. The topological polar surface area (TPSA) is 15.3 Å². The second kappa shape index (κ2) is 8.16. The molecule has 1 aliphatic heterocycles. The van der Waals surface area contributed by atoms with Crippen molar-refractivity contribution in [2.45, 2.75) is 59.8 Å².